The fraction of sp³-hybridized carbons (Fsp3) is 0.632. The minimum absolute atomic E-state index is 0.0883. The SMILES string of the molecule is CCN(CC(F)(F)F)C(=O)C1CCCN(Cc2cccc3c2NCC3)C1. The third kappa shape index (κ3) is 4.50. The van der Waals surface area contributed by atoms with Gasteiger partial charge in [0.05, 0.1) is 5.92 Å². The molecule has 2 aliphatic rings. The predicted molar refractivity (Wildman–Crippen MR) is 94.9 cm³/mol. The summed E-state index contributed by atoms with van der Waals surface area (Å²) in [7, 11) is 0. The minimum Gasteiger partial charge on any atom is -0.384 e. The van der Waals surface area contributed by atoms with Crippen LogP contribution in [0.15, 0.2) is 18.2 Å². The Morgan fingerprint density at radius 1 is 1.38 bits per heavy atom. The number of carbonyl (C=O) groups is 1. The standard InChI is InChI=1S/C19H26F3N3O/c1-2-25(13-19(20,21)22)18(26)16-7-4-10-24(12-16)11-15-6-3-5-14-8-9-23-17(14)15/h3,5-6,16,23H,2,4,7-13H2,1H3. The van der Waals surface area contributed by atoms with Crippen LogP contribution in [0.5, 0.6) is 0 Å². The van der Waals surface area contributed by atoms with Crippen LogP contribution in [-0.2, 0) is 17.8 Å². The number of benzene rings is 1. The van der Waals surface area contributed by atoms with E-state index in [1.165, 1.54) is 16.8 Å². The van der Waals surface area contributed by atoms with Crippen LogP contribution in [0.25, 0.3) is 0 Å². The van der Waals surface area contributed by atoms with Gasteiger partial charge in [-0.25, -0.2) is 0 Å². The monoisotopic (exact) mass is 369 g/mol. The fourth-order valence-corrected chi connectivity index (χ4v) is 4.00. The first kappa shape index (κ1) is 19.0. The van der Waals surface area contributed by atoms with Gasteiger partial charge in [0.1, 0.15) is 6.54 Å². The number of rotatable bonds is 5. The van der Waals surface area contributed by atoms with Crippen molar-refractivity contribution < 1.29 is 18.0 Å². The molecule has 1 aromatic carbocycles. The van der Waals surface area contributed by atoms with Crippen LogP contribution >= 0.6 is 0 Å². The second-order valence-electron chi connectivity index (χ2n) is 7.17. The van der Waals surface area contributed by atoms with Crippen molar-refractivity contribution in [3.8, 4) is 0 Å². The number of halogens is 3. The largest absolute Gasteiger partial charge is 0.406 e. The maximum Gasteiger partial charge on any atom is 0.406 e. The molecule has 0 saturated carbocycles. The molecule has 1 amide bonds. The lowest BCUT2D eigenvalue weighted by molar-refractivity contribution is -0.164. The van der Waals surface area contributed by atoms with Crippen molar-refractivity contribution in [2.24, 2.45) is 5.92 Å². The number of alkyl halides is 3. The zero-order valence-corrected chi connectivity index (χ0v) is 15.1. The zero-order valence-electron chi connectivity index (χ0n) is 15.1. The van der Waals surface area contributed by atoms with Gasteiger partial charge in [0, 0.05) is 31.9 Å². The summed E-state index contributed by atoms with van der Waals surface area (Å²) in [5.74, 6) is -0.721. The summed E-state index contributed by atoms with van der Waals surface area (Å²) in [6, 6.07) is 6.26. The van der Waals surface area contributed by atoms with Gasteiger partial charge in [-0.05, 0) is 43.9 Å². The maximum atomic E-state index is 12.7. The zero-order chi connectivity index (χ0) is 18.7. The summed E-state index contributed by atoms with van der Waals surface area (Å²) in [5.41, 5.74) is 3.71. The molecule has 3 rings (SSSR count). The molecular weight excluding hydrogens is 343 g/mol. The van der Waals surface area contributed by atoms with E-state index in [0.717, 1.165) is 37.4 Å². The Kier molecular flexibility index (Phi) is 5.75. The molecular formula is C19H26F3N3O. The molecule has 26 heavy (non-hydrogen) atoms. The Labute approximate surface area is 152 Å². The fourth-order valence-electron chi connectivity index (χ4n) is 4.00. The average Bonchev–Trinajstić information content (AvgIpc) is 3.08. The Morgan fingerprint density at radius 3 is 2.92 bits per heavy atom. The first-order valence-electron chi connectivity index (χ1n) is 9.30. The van der Waals surface area contributed by atoms with Gasteiger partial charge in [-0.1, -0.05) is 18.2 Å². The van der Waals surface area contributed by atoms with Crippen LogP contribution < -0.4 is 5.32 Å². The Hall–Kier alpha value is -1.76. The van der Waals surface area contributed by atoms with E-state index < -0.39 is 12.7 Å². The lowest BCUT2D eigenvalue weighted by Gasteiger charge is -2.35. The molecule has 1 fully saturated rings. The van der Waals surface area contributed by atoms with Gasteiger partial charge < -0.3 is 10.2 Å². The molecule has 2 heterocycles. The molecule has 2 aliphatic heterocycles. The molecule has 7 heteroatoms. The van der Waals surface area contributed by atoms with Gasteiger partial charge in [0.2, 0.25) is 5.91 Å². The number of hydrogen-bond acceptors (Lipinski definition) is 3. The van der Waals surface area contributed by atoms with Crippen molar-refractivity contribution in [2.45, 2.75) is 38.9 Å². The van der Waals surface area contributed by atoms with Gasteiger partial charge >= 0.3 is 6.18 Å². The number of nitrogens with zero attached hydrogens (tertiary/aromatic N) is 2. The molecule has 1 atom stereocenters. The second-order valence-corrected chi connectivity index (χ2v) is 7.17. The first-order valence-corrected chi connectivity index (χ1v) is 9.30. The van der Waals surface area contributed by atoms with Crippen molar-refractivity contribution in [1.82, 2.24) is 9.80 Å². The quantitative estimate of drug-likeness (QED) is 0.865. The highest BCUT2D eigenvalue weighted by atomic mass is 19.4. The van der Waals surface area contributed by atoms with Gasteiger partial charge in [0.15, 0.2) is 0 Å². The van der Waals surface area contributed by atoms with Gasteiger partial charge in [-0.15, -0.1) is 0 Å². The number of fused-ring (bicyclic) bond motifs is 1. The number of likely N-dealkylation sites (tertiary alicyclic amines) is 1. The topological polar surface area (TPSA) is 35.6 Å². The minimum atomic E-state index is -4.35. The number of carbonyl (C=O) groups excluding carboxylic acids is 1. The van der Waals surface area contributed by atoms with E-state index >= 15 is 0 Å². The van der Waals surface area contributed by atoms with E-state index in [0.29, 0.717) is 13.0 Å². The van der Waals surface area contributed by atoms with E-state index in [4.69, 9.17) is 0 Å². The summed E-state index contributed by atoms with van der Waals surface area (Å²) < 4.78 is 38.1. The number of amides is 1. The molecule has 1 aromatic rings. The van der Waals surface area contributed by atoms with Crippen LogP contribution in [0, 0.1) is 5.92 Å². The van der Waals surface area contributed by atoms with Crippen molar-refractivity contribution in [1.29, 1.82) is 0 Å². The number of nitrogens with one attached hydrogen (secondary N) is 1. The van der Waals surface area contributed by atoms with Crippen LogP contribution in [0.4, 0.5) is 18.9 Å². The summed E-state index contributed by atoms with van der Waals surface area (Å²) in [4.78, 5) is 15.7. The molecule has 144 valence electrons. The van der Waals surface area contributed by atoms with Crippen molar-refractivity contribution in [3.05, 3.63) is 29.3 Å². The van der Waals surface area contributed by atoms with Crippen molar-refractivity contribution in [3.63, 3.8) is 0 Å². The normalized spacial score (nSPS) is 20.5. The highest BCUT2D eigenvalue weighted by molar-refractivity contribution is 5.79. The third-order valence-corrected chi connectivity index (χ3v) is 5.25. The summed E-state index contributed by atoms with van der Waals surface area (Å²) in [5, 5.41) is 3.42. The van der Waals surface area contributed by atoms with E-state index in [2.05, 4.69) is 28.4 Å². The Morgan fingerprint density at radius 2 is 2.19 bits per heavy atom. The van der Waals surface area contributed by atoms with E-state index in [1.807, 2.05) is 0 Å². The van der Waals surface area contributed by atoms with Gasteiger partial charge in [-0.3, -0.25) is 9.69 Å². The molecule has 1 saturated heterocycles. The summed E-state index contributed by atoms with van der Waals surface area (Å²) in [6.07, 6.45) is -1.83. The lowest BCUT2D eigenvalue weighted by atomic mass is 9.95. The van der Waals surface area contributed by atoms with E-state index in [9.17, 15) is 18.0 Å². The number of piperidine rings is 1. The summed E-state index contributed by atoms with van der Waals surface area (Å²) in [6.45, 7) is 3.60. The Bertz CT molecular complexity index is 647. The first-order chi connectivity index (χ1) is 12.4. The molecule has 0 spiro atoms. The van der Waals surface area contributed by atoms with E-state index in [-0.39, 0.29) is 18.4 Å². The van der Waals surface area contributed by atoms with E-state index in [1.54, 1.807) is 6.92 Å². The molecule has 0 aromatic heterocycles. The molecule has 4 nitrogen and oxygen atoms in total. The molecule has 0 radical (unpaired) electrons. The summed E-state index contributed by atoms with van der Waals surface area (Å²) >= 11 is 0. The van der Waals surface area contributed by atoms with Crippen LogP contribution in [0.3, 0.4) is 0 Å². The highest BCUT2D eigenvalue weighted by Crippen LogP contribution is 2.29. The highest BCUT2D eigenvalue weighted by Gasteiger charge is 2.36. The lowest BCUT2D eigenvalue weighted by Crippen LogP contribution is -2.47. The van der Waals surface area contributed by atoms with Crippen LogP contribution in [-0.4, -0.2) is 54.6 Å². The van der Waals surface area contributed by atoms with Crippen molar-refractivity contribution >= 4 is 11.6 Å². The molecule has 1 unspecified atom stereocenters. The average molecular weight is 369 g/mol. The van der Waals surface area contributed by atoms with Gasteiger partial charge in [-0.2, -0.15) is 13.2 Å². The number of hydrogen-bond donors (Lipinski definition) is 1. The van der Waals surface area contributed by atoms with Crippen molar-refractivity contribution in [2.75, 3.05) is 38.0 Å². The smallest absolute Gasteiger partial charge is 0.384 e. The Balaban J connectivity index is 1.64. The van der Waals surface area contributed by atoms with Gasteiger partial charge in [0.25, 0.3) is 0 Å². The predicted octanol–water partition coefficient (Wildman–Crippen LogP) is 3.28. The number of anilines is 1. The molecule has 0 aliphatic carbocycles. The number of para-hydroxylation sites is 1. The third-order valence-electron chi connectivity index (χ3n) is 5.25. The van der Waals surface area contributed by atoms with Crippen LogP contribution in [0.1, 0.15) is 30.9 Å². The second kappa shape index (κ2) is 7.86. The maximum absolute atomic E-state index is 12.7. The van der Waals surface area contributed by atoms with Crippen LogP contribution in [0.2, 0.25) is 0 Å². The molecule has 1 N–H and O–H groups in total. The molecule has 0 bridgehead atoms.